The van der Waals surface area contributed by atoms with Gasteiger partial charge < -0.3 is 5.11 Å². The van der Waals surface area contributed by atoms with E-state index in [0.29, 0.717) is 19.3 Å². The third kappa shape index (κ3) is 1.90. The number of halogens is 1. The number of fused-ring (bicyclic) bond motifs is 2. The van der Waals surface area contributed by atoms with Gasteiger partial charge in [0.15, 0.2) is 0 Å². The van der Waals surface area contributed by atoms with Crippen LogP contribution in [0.2, 0.25) is 0 Å². The van der Waals surface area contributed by atoms with Crippen LogP contribution in [0.25, 0.3) is 0 Å². The SMILES string of the molecule is O=C(O)C1CC2CCC1N2S(=O)(=O)c1cncc(F)c1. The number of sulfonamides is 1. The lowest BCUT2D eigenvalue weighted by Gasteiger charge is -2.22. The van der Waals surface area contributed by atoms with E-state index in [4.69, 9.17) is 5.11 Å². The summed E-state index contributed by atoms with van der Waals surface area (Å²) < 4.78 is 39.5. The number of aromatic nitrogens is 1. The third-order valence-electron chi connectivity index (χ3n) is 4.05. The maximum Gasteiger partial charge on any atom is 0.308 e. The summed E-state index contributed by atoms with van der Waals surface area (Å²) >= 11 is 0. The summed E-state index contributed by atoms with van der Waals surface area (Å²) in [6.07, 6.45) is 3.52. The predicted octanol–water partition coefficient (Wildman–Crippen LogP) is 0.847. The molecule has 20 heavy (non-hydrogen) atoms. The number of hydrogen-bond donors (Lipinski definition) is 1. The Bertz CT molecular complexity index is 663. The highest BCUT2D eigenvalue weighted by molar-refractivity contribution is 7.89. The van der Waals surface area contributed by atoms with E-state index in [0.717, 1.165) is 18.5 Å². The third-order valence-corrected chi connectivity index (χ3v) is 5.99. The molecule has 0 spiro atoms. The van der Waals surface area contributed by atoms with E-state index in [1.165, 1.54) is 4.31 Å². The van der Waals surface area contributed by atoms with Crippen LogP contribution in [0.1, 0.15) is 19.3 Å². The van der Waals surface area contributed by atoms with Crippen LogP contribution in [-0.2, 0) is 14.8 Å². The fourth-order valence-corrected chi connectivity index (χ4v) is 5.13. The lowest BCUT2D eigenvalue weighted by atomic mass is 9.89. The molecule has 2 fully saturated rings. The van der Waals surface area contributed by atoms with Crippen molar-refractivity contribution >= 4 is 16.0 Å². The smallest absolute Gasteiger partial charge is 0.308 e. The Morgan fingerprint density at radius 2 is 2.15 bits per heavy atom. The van der Waals surface area contributed by atoms with Crippen molar-refractivity contribution in [3.63, 3.8) is 0 Å². The van der Waals surface area contributed by atoms with Crippen LogP contribution < -0.4 is 0 Å². The van der Waals surface area contributed by atoms with E-state index >= 15 is 0 Å². The van der Waals surface area contributed by atoms with Gasteiger partial charge >= 0.3 is 5.97 Å². The van der Waals surface area contributed by atoms with Crippen molar-refractivity contribution in [1.29, 1.82) is 0 Å². The number of aliphatic carboxylic acids is 1. The number of hydrogen-bond acceptors (Lipinski definition) is 4. The Morgan fingerprint density at radius 3 is 2.75 bits per heavy atom. The van der Waals surface area contributed by atoms with Gasteiger partial charge in [0.05, 0.1) is 12.1 Å². The van der Waals surface area contributed by atoms with Crippen molar-refractivity contribution in [3.8, 4) is 0 Å². The number of pyridine rings is 1. The Morgan fingerprint density at radius 1 is 1.40 bits per heavy atom. The molecule has 6 nitrogen and oxygen atoms in total. The molecule has 8 heteroatoms. The standard InChI is InChI=1S/C12H13FN2O4S/c13-7-3-9(6-14-5-7)20(18,19)15-8-1-2-11(15)10(4-8)12(16)17/h3,5-6,8,10-11H,1-2,4H2,(H,16,17). The maximum absolute atomic E-state index is 13.2. The minimum atomic E-state index is -3.90. The number of rotatable bonds is 3. The molecule has 1 aromatic rings. The lowest BCUT2D eigenvalue weighted by molar-refractivity contribution is -0.142. The first kappa shape index (κ1) is 13.4. The van der Waals surface area contributed by atoms with Crippen molar-refractivity contribution in [1.82, 2.24) is 9.29 Å². The Balaban J connectivity index is 1.99. The number of carboxylic acids is 1. The molecule has 2 saturated heterocycles. The highest BCUT2D eigenvalue weighted by Gasteiger charge is 2.54. The second-order valence-electron chi connectivity index (χ2n) is 5.15. The first-order chi connectivity index (χ1) is 9.41. The Hall–Kier alpha value is -1.54. The van der Waals surface area contributed by atoms with Gasteiger partial charge in [0.1, 0.15) is 10.7 Å². The average molecular weight is 300 g/mol. The fourth-order valence-electron chi connectivity index (χ4n) is 3.23. The molecule has 0 radical (unpaired) electrons. The molecule has 1 aromatic heterocycles. The molecule has 0 amide bonds. The minimum Gasteiger partial charge on any atom is -0.481 e. The summed E-state index contributed by atoms with van der Waals surface area (Å²) in [5.41, 5.74) is 0. The van der Waals surface area contributed by atoms with Crippen LogP contribution in [0.3, 0.4) is 0 Å². The van der Waals surface area contributed by atoms with Gasteiger partial charge in [-0.2, -0.15) is 4.31 Å². The van der Waals surface area contributed by atoms with Crippen LogP contribution in [0.15, 0.2) is 23.4 Å². The zero-order valence-corrected chi connectivity index (χ0v) is 11.3. The molecular formula is C12H13FN2O4S. The molecule has 2 aliphatic rings. The van der Waals surface area contributed by atoms with Crippen LogP contribution in [-0.4, -0.2) is 40.9 Å². The number of carbonyl (C=O) groups is 1. The molecule has 3 unspecified atom stereocenters. The van der Waals surface area contributed by atoms with Crippen LogP contribution >= 0.6 is 0 Å². The molecule has 0 aromatic carbocycles. The second kappa shape index (κ2) is 4.49. The topological polar surface area (TPSA) is 87.6 Å². The summed E-state index contributed by atoms with van der Waals surface area (Å²) in [7, 11) is -3.90. The largest absolute Gasteiger partial charge is 0.481 e. The Kier molecular flexibility index (Phi) is 3.02. The van der Waals surface area contributed by atoms with Gasteiger partial charge in [0, 0.05) is 18.3 Å². The van der Waals surface area contributed by atoms with Crippen molar-refractivity contribution in [3.05, 3.63) is 24.3 Å². The quantitative estimate of drug-likeness (QED) is 0.894. The summed E-state index contributed by atoms with van der Waals surface area (Å²) in [5, 5.41) is 9.14. The molecule has 2 bridgehead atoms. The zero-order chi connectivity index (χ0) is 14.5. The highest BCUT2D eigenvalue weighted by atomic mass is 32.2. The molecule has 2 aliphatic heterocycles. The minimum absolute atomic E-state index is 0.222. The summed E-state index contributed by atoms with van der Waals surface area (Å²) in [4.78, 5) is 14.5. The molecule has 3 rings (SSSR count). The number of carboxylic acid groups (broad SMARTS) is 1. The average Bonchev–Trinajstić information content (AvgIpc) is 2.96. The predicted molar refractivity (Wildman–Crippen MR) is 65.8 cm³/mol. The summed E-state index contributed by atoms with van der Waals surface area (Å²) in [6, 6.07) is 0.0655. The Labute approximate surface area is 115 Å². The normalized spacial score (nSPS) is 29.8. The molecular weight excluding hydrogens is 287 g/mol. The van der Waals surface area contributed by atoms with Crippen molar-refractivity contribution in [2.75, 3.05) is 0 Å². The fraction of sp³-hybridized carbons (Fsp3) is 0.500. The van der Waals surface area contributed by atoms with Crippen molar-refractivity contribution in [2.24, 2.45) is 5.92 Å². The second-order valence-corrected chi connectivity index (χ2v) is 7.00. The van der Waals surface area contributed by atoms with Crippen molar-refractivity contribution < 1.29 is 22.7 Å². The lowest BCUT2D eigenvalue weighted by Crippen LogP contribution is -2.37. The van der Waals surface area contributed by atoms with E-state index < -0.39 is 33.8 Å². The van der Waals surface area contributed by atoms with E-state index in [2.05, 4.69) is 4.98 Å². The monoisotopic (exact) mass is 300 g/mol. The van der Waals surface area contributed by atoms with Crippen LogP contribution in [0.4, 0.5) is 4.39 Å². The number of nitrogens with zero attached hydrogens (tertiary/aromatic N) is 2. The van der Waals surface area contributed by atoms with Crippen LogP contribution in [0, 0.1) is 11.7 Å². The van der Waals surface area contributed by atoms with Gasteiger partial charge in [-0.05, 0) is 25.3 Å². The van der Waals surface area contributed by atoms with Crippen LogP contribution in [0.5, 0.6) is 0 Å². The van der Waals surface area contributed by atoms with Gasteiger partial charge in [-0.1, -0.05) is 0 Å². The molecule has 0 aliphatic carbocycles. The first-order valence-electron chi connectivity index (χ1n) is 6.28. The van der Waals surface area contributed by atoms with Gasteiger partial charge in [-0.25, -0.2) is 12.8 Å². The highest BCUT2D eigenvalue weighted by Crippen LogP contribution is 2.44. The van der Waals surface area contributed by atoms with Crippen molar-refractivity contribution in [2.45, 2.75) is 36.2 Å². The van der Waals surface area contributed by atoms with E-state index in [-0.39, 0.29) is 10.9 Å². The van der Waals surface area contributed by atoms with E-state index in [1.54, 1.807) is 0 Å². The molecule has 0 saturated carbocycles. The van der Waals surface area contributed by atoms with Gasteiger partial charge in [0.2, 0.25) is 10.0 Å². The summed E-state index contributed by atoms with van der Waals surface area (Å²) in [6.45, 7) is 0. The van der Waals surface area contributed by atoms with Gasteiger partial charge in [0.25, 0.3) is 0 Å². The zero-order valence-electron chi connectivity index (χ0n) is 10.4. The van der Waals surface area contributed by atoms with E-state index in [9.17, 15) is 17.6 Å². The summed E-state index contributed by atoms with van der Waals surface area (Å²) in [5.74, 6) is -2.38. The molecule has 3 atom stereocenters. The molecule has 108 valence electrons. The first-order valence-corrected chi connectivity index (χ1v) is 7.72. The van der Waals surface area contributed by atoms with Gasteiger partial charge in [-0.15, -0.1) is 0 Å². The maximum atomic E-state index is 13.2. The van der Waals surface area contributed by atoms with E-state index in [1.807, 2.05) is 0 Å². The molecule has 1 N–H and O–H groups in total. The molecule has 3 heterocycles. The van der Waals surface area contributed by atoms with Gasteiger partial charge in [-0.3, -0.25) is 9.78 Å².